The van der Waals surface area contributed by atoms with Gasteiger partial charge < -0.3 is 4.74 Å². The van der Waals surface area contributed by atoms with E-state index in [1.165, 1.54) is 7.11 Å². The van der Waals surface area contributed by atoms with Gasteiger partial charge in [0.15, 0.2) is 0 Å². The van der Waals surface area contributed by atoms with Crippen molar-refractivity contribution in [2.75, 3.05) is 7.11 Å². The van der Waals surface area contributed by atoms with Crippen molar-refractivity contribution in [1.82, 2.24) is 4.98 Å². The number of halogens is 4. The van der Waals surface area contributed by atoms with Crippen molar-refractivity contribution in [3.8, 4) is 0 Å². The van der Waals surface area contributed by atoms with Crippen LogP contribution in [-0.2, 0) is 21.8 Å². The highest BCUT2D eigenvalue weighted by molar-refractivity contribution is 6.31. The van der Waals surface area contributed by atoms with Crippen molar-refractivity contribution in [3.05, 3.63) is 28.0 Å². The summed E-state index contributed by atoms with van der Waals surface area (Å²) in [5.74, 6) is -0.772. The molecular weight excluding hydrogens is 275 g/mol. The second-order valence-corrected chi connectivity index (χ2v) is 3.81. The summed E-state index contributed by atoms with van der Waals surface area (Å²) in [6.45, 7) is 0. The molecule has 1 aromatic heterocycles. The topological polar surface area (TPSA) is 39.2 Å². The summed E-state index contributed by atoms with van der Waals surface area (Å²) in [7, 11) is 1.20. The Morgan fingerprint density at radius 1 is 1.59 bits per heavy atom. The van der Waals surface area contributed by atoms with E-state index in [-0.39, 0.29) is 34.1 Å². The summed E-state index contributed by atoms with van der Waals surface area (Å²) in [5, 5.41) is -0.163. The normalized spacial score (nSPS) is 10.7. The number of hydrogen-bond acceptors (Lipinski definition) is 3. The predicted molar refractivity (Wildman–Crippen MR) is 59.5 cm³/mol. The Hall–Kier alpha value is -0.940. The Balaban J connectivity index is 3.23. The maximum absolute atomic E-state index is 12.8. The molecule has 7 heteroatoms. The van der Waals surface area contributed by atoms with E-state index in [1.54, 1.807) is 0 Å². The summed E-state index contributed by atoms with van der Waals surface area (Å²) >= 11 is 11.2. The van der Waals surface area contributed by atoms with E-state index in [0.29, 0.717) is 0 Å². The molecule has 0 fully saturated rings. The molecular formula is C10H9Cl2F2NO2. The fourth-order valence-corrected chi connectivity index (χ4v) is 1.87. The lowest BCUT2D eigenvalue weighted by molar-refractivity contribution is -0.139. The molecule has 17 heavy (non-hydrogen) atoms. The molecule has 0 atom stereocenters. The third kappa shape index (κ3) is 3.26. The number of alkyl halides is 3. The van der Waals surface area contributed by atoms with Gasteiger partial charge >= 0.3 is 5.97 Å². The van der Waals surface area contributed by atoms with Crippen LogP contribution in [0.15, 0.2) is 6.20 Å². The smallest absolute Gasteiger partial charge is 0.311 e. The Labute approximate surface area is 107 Å². The molecule has 0 aromatic carbocycles. The zero-order chi connectivity index (χ0) is 13.0. The number of hydrogen-bond donors (Lipinski definition) is 0. The Morgan fingerprint density at radius 3 is 2.71 bits per heavy atom. The maximum Gasteiger partial charge on any atom is 0.311 e. The van der Waals surface area contributed by atoms with Crippen LogP contribution in [0.25, 0.3) is 0 Å². The molecule has 0 aliphatic heterocycles. The number of nitrogens with zero attached hydrogens (tertiary/aromatic N) is 1. The minimum absolute atomic E-state index is 0.0829. The SMILES string of the molecule is COC(=O)Cc1ncc(Cl)c(C(F)F)c1CCl. The first-order valence-corrected chi connectivity index (χ1v) is 5.49. The van der Waals surface area contributed by atoms with Crippen LogP contribution >= 0.6 is 23.2 Å². The van der Waals surface area contributed by atoms with Gasteiger partial charge in [-0.2, -0.15) is 0 Å². The van der Waals surface area contributed by atoms with Crippen molar-refractivity contribution < 1.29 is 18.3 Å². The number of methoxy groups -OCH3 is 1. The van der Waals surface area contributed by atoms with Crippen LogP contribution in [0.5, 0.6) is 0 Å². The van der Waals surface area contributed by atoms with E-state index in [2.05, 4.69) is 9.72 Å². The van der Waals surface area contributed by atoms with Gasteiger partial charge in [0, 0.05) is 17.6 Å². The highest BCUT2D eigenvalue weighted by Crippen LogP contribution is 2.32. The highest BCUT2D eigenvalue weighted by atomic mass is 35.5. The molecule has 0 spiro atoms. The van der Waals surface area contributed by atoms with Gasteiger partial charge in [-0.15, -0.1) is 11.6 Å². The van der Waals surface area contributed by atoms with Crippen molar-refractivity contribution in [3.63, 3.8) is 0 Å². The molecule has 1 aromatic rings. The zero-order valence-corrected chi connectivity index (χ0v) is 10.4. The summed E-state index contributed by atoms with van der Waals surface area (Å²) in [4.78, 5) is 14.9. The molecule has 0 amide bonds. The van der Waals surface area contributed by atoms with Crippen molar-refractivity contribution >= 4 is 29.2 Å². The number of aromatic nitrogens is 1. The van der Waals surface area contributed by atoms with Gasteiger partial charge in [-0.3, -0.25) is 9.78 Å². The second-order valence-electron chi connectivity index (χ2n) is 3.13. The lowest BCUT2D eigenvalue weighted by atomic mass is 10.1. The quantitative estimate of drug-likeness (QED) is 0.630. The van der Waals surface area contributed by atoms with Gasteiger partial charge in [0.1, 0.15) is 0 Å². The van der Waals surface area contributed by atoms with Crippen molar-refractivity contribution in [1.29, 1.82) is 0 Å². The van der Waals surface area contributed by atoms with E-state index in [9.17, 15) is 13.6 Å². The average molecular weight is 284 g/mol. The van der Waals surface area contributed by atoms with E-state index in [4.69, 9.17) is 23.2 Å². The van der Waals surface area contributed by atoms with Crippen molar-refractivity contribution in [2.24, 2.45) is 0 Å². The number of ether oxygens (including phenoxy) is 1. The number of carbonyl (C=O) groups excluding carboxylic acids is 1. The van der Waals surface area contributed by atoms with Gasteiger partial charge in [-0.1, -0.05) is 11.6 Å². The van der Waals surface area contributed by atoms with Crippen LogP contribution in [0, 0.1) is 0 Å². The van der Waals surface area contributed by atoms with Crippen LogP contribution < -0.4 is 0 Å². The lowest BCUT2D eigenvalue weighted by Crippen LogP contribution is -2.10. The third-order valence-corrected chi connectivity index (χ3v) is 2.72. The Bertz CT molecular complexity index is 427. The molecule has 94 valence electrons. The molecule has 0 aliphatic carbocycles. The van der Waals surface area contributed by atoms with E-state index in [0.717, 1.165) is 6.20 Å². The highest BCUT2D eigenvalue weighted by Gasteiger charge is 2.21. The van der Waals surface area contributed by atoms with E-state index >= 15 is 0 Å². The minimum Gasteiger partial charge on any atom is -0.469 e. The largest absolute Gasteiger partial charge is 0.469 e. The number of pyridine rings is 1. The number of carbonyl (C=O) groups is 1. The van der Waals surface area contributed by atoms with Gasteiger partial charge in [-0.25, -0.2) is 8.78 Å². The molecule has 0 aliphatic rings. The average Bonchev–Trinajstić information content (AvgIpc) is 2.30. The van der Waals surface area contributed by atoms with Crippen molar-refractivity contribution in [2.45, 2.75) is 18.7 Å². The molecule has 0 saturated heterocycles. The summed E-state index contributed by atoms with van der Waals surface area (Å²) in [6.07, 6.45) is -1.90. The third-order valence-electron chi connectivity index (χ3n) is 2.16. The molecule has 0 N–H and O–H groups in total. The monoisotopic (exact) mass is 283 g/mol. The fraction of sp³-hybridized carbons (Fsp3) is 0.400. The summed E-state index contributed by atoms with van der Waals surface area (Å²) < 4.78 is 30.0. The molecule has 0 bridgehead atoms. The zero-order valence-electron chi connectivity index (χ0n) is 8.84. The van der Waals surface area contributed by atoms with Crippen LogP contribution in [-0.4, -0.2) is 18.1 Å². The molecule has 1 heterocycles. The van der Waals surface area contributed by atoms with Gasteiger partial charge in [0.2, 0.25) is 0 Å². The number of rotatable bonds is 4. The van der Waals surface area contributed by atoms with Crippen LogP contribution in [0.3, 0.4) is 0 Å². The Kier molecular flexibility index (Phi) is 5.08. The van der Waals surface area contributed by atoms with E-state index in [1.807, 2.05) is 0 Å². The Morgan fingerprint density at radius 2 is 2.24 bits per heavy atom. The van der Waals surface area contributed by atoms with Gasteiger partial charge in [0.25, 0.3) is 6.43 Å². The molecule has 0 unspecified atom stereocenters. The van der Waals surface area contributed by atoms with E-state index < -0.39 is 12.4 Å². The maximum atomic E-state index is 12.8. The molecule has 1 rings (SSSR count). The first-order chi connectivity index (χ1) is 8.01. The van der Waals surface area contributed by atoms with Gasteiger partial charge in [-0.05, 0) is 5.56 Å². The fourth-order valence-electron chi connectivity index (χ4n) is 1.33. The first kappa shape index (κ1) is 14.1. The van der Waals surface area contributed by atoms with Crippen LogP contribution in [0.2, 0.25) is 5.02 Å². The molecule has 0 saturated carbocycles. The molecule has 3 nitrogen and oxygen atoms in total. The minimum atomic E-state index is -2.77. The summed E-state index contributed by atoms with van der Waals surface area (Å²) in [6, 6.07) is 0. The molecule has 0 radical (unpaired) electrons. The second kappa shape index (κ2) is 6.12. The predicted octanol–water partition coefficient (Wildman–Crippen LogP) is 3.13. The lowest BCUT2D eigenvalue weighted by Gasteiger charge is -2.12. The van der Waals surface area contributed by atoms with Crippen LogP contribution in [0.1, 0.15) is 23.2 Å². The standard InChI is InChI=1S/C10H9Cl2F2NO2/c1-17-8(16)2-7-5(3-11)9(10(13)14)6(12)4-15-7/h4,10H,2-3H2,1H3. The number of esters is 1. The first-order valence-electron chi connectivity index (χ1n) is 4.58. The summed E-state index contributed by atoms with van der Waals surface area (Å²) in [5.41, 5.74) is -0.137. The van der Waals surface area contributed by atoms with Gasteiger partial charge in [0.05, 0.1) is 24.2 Å². The van der Waals surface area contributed by atoms with Crippen LogP contribution in [0.4, 0.5) is 8.78 Å².